The molecule has 0 atom stereocenters. The zero-order valence-corrected chi connectivity index (χ0v) is 15.7. The van der Waals surface area contributed by atoms with Crippen molar-refractivity contribution < 1.29 is 0 Å². The molecule has 0 aliphatic heterocycles. The van der Waals surface area contributed by atoms with Crippen LogP contribution in [0.15, 0.2) is 78.2 Å². The number of hydrogen-bond donors (Lipinski definition) is 0. The SMILES string of the molecule is CCn1c(SC2c3ccccc3-c3ccccc32)nnc1-c1ccncc1. The Morgan fingerprint density at radius 3 is 2.11 bits per heavy atom. The third-order valence-corrected chi connectivity index (χ3v) is 6.23. The summed E-state index contributed by atoms with van der Waals surface area (Å²) in [4.78, 5) is 4.10. The molecule has 0 saturated heterocycles. The normalized spacial score (nSPS) is 12.8. The van der Waals surface area contributed by atoms with Crippen molar-refractivity contribution in [2.75, 3.05) is 0 Å². The van der Waals surface area contributed by atoms with E-state index in [-0.39, 0.29) is 5.25 Å². The highest BCUT2D eigenvalue weighted by Crippen LogP contribution is 2.51. The summed E-state index contributed by atoms with van der Waals surface area (Å²) in [6.07, 6.45) is 3.58. The van der Waals surface area contributed by atoms with Gasteiger partial charge in [-0.1, -0.05) is 60.3 Å². The predicted octanol–water partition coefficient (Wildman–Crippen LogP) is 5.22. The van der Waals surface area contributed by atoms with E-state index in [0.717, 1.165) is 23.1 Å². The first-order chi connectivity index (χ1) is 13.4. The van der Waals surface area contributed by atoms with Gasteiger partial charge in [-0.25, -0.2) is 0 Å². The van der Waals surface area contributed by atoms with Gasteiger partial charge in [0.25, 0.3) is 0 Å². The molecule has 4 aromatic rings. The van der Waals surface area contributed by atoms with E-state index >= 15 is 0 Å². The van der Waals surface area contributed by atoms with Gasteiger partial charge in [-0.05, 0) is 41.3 Å². The number of nitrogens with zero attached hydrogens (tertiary/aromatic N) is 4. The zero-order chi connectivity index (χ0) is 18.2. The third-order valence-electron chi connectivity index (χ3n) is 4.97. The monoisotopic (exact) mass is 370 g/mol. The highest BCUT2D eigenvalue weighted by molar-refractivity contribution is 7.99. The molecule has 0 spiro atoms. The molecule has 5 rings (SSSR count). The number of rotatable bonds is 4. The average molecular weight is 370 g/mol. The summed E-state index contributed by atoms with van der Waals surface area (Å²) in [7, 11) is 0. The molecule has 5 heteroatoms. The summed E-state index contributed by atoms with van der Waals surface area (Å²) in [5.41, 5.74) is 6.38. The maximum atomic E-state index is 4.53. The van der Waals surface area contributed by atoms with Crippen molar-refractivity contribution in [2.45, 2.75) is 23.9 Å². The van der Waals surface area contributed by atoms with Gasteiger partial charge in [-0.3, -0.25) is 4.98 Å². The molecule has 0 unspecified atom stereocenters. The Balaban J connectivity index is 1.58. The minimum Gasteiger partial charge on any atom is -0.302 e. The molecule has 0 saturated carbocycles. The minimum atomic E-state index is 0.234. The Labute approximate surface area is 162 Å². The number of aromatic nitrogens is 4. The topological polar surface area (TPSA) is 43.6 Å². The highest BCUT2D eigenvalue weighted by Gasteiger charge is 2.30. The molecule has 4 nitrogen and oxygen atoms in total. The summed E-state index contributed by atoms with van der Waals surface area (Å²) >= 11 is 1.78. The standard InChI is InChI=1S/C22H18N4S/c1-2-26-21(15-11-13-23-14-12-15)24-25-22(26)27-20-18-9-5-3-7-16(18)17-8-4-6-10-19(17)20/h3-14,20H,2H2,1H3. The van der Waals surface area contributed by atoms with Crippen molar-refractivity contribution in [3.05, 3.63) is 84.2 Å². The second-order valence-corrected chi connectivity index (χ2v) is 7.53. The number of hydrogen-bond acceptors (Lipinski definition) is 4. The molecule has 0 fully saturated rings. The van der Waals surface area contributed by atoms with E-state index in [1.807, 2.05) is 12.1 Å². The molecule has 1 aliphatic rings. The molecule has 1 aliphatic carbocycles. The number of benzene rings is 2. The fourth-order valence-corrected chi connectivity index (χ4v) is 5.02. The maximum Gasteiger partial charge on any atom is 0.192 e. The Kier molecular flexibility index (Phi) is 4.02. The average Bonchev–Trinajstić information content (AvgIpc) is 3.29. The lowest BCUT2D eigenvalue weighted by Crippen LogP contribution is -2.01. The van der Waals surface area contributed by atoms with E-state index in [2.05, 4.69) is 75.2 Å². The molecule has 0 bridgehead atoms. The van der Waals surface area contributed by atoms with Crippen molar-refractivity contribution >= 4 is 11.8 Å². The van der Waals surface area contributed by atoms with Crippen LogP contribution in [0, 0.1) is 0 Å². The van der Waals surface area contributed by atoms with E-state index in [1.165, 1.54) is 22.3 Å². The van der Waals surface area contributed by atoms with E-state index in [4.69, 9.17) is 0 Å². The third kappa shape index (κ3) is 2.66. The van der Waals surface area contributed by atoms with Crippen LogP contribution in [0.1, 0.15) is 23.3 Å². The van der Waals surface area contributed by atoms with Gasteiger partial charge in [0.1, 0.15) is 0 Å². The minimum absolute atomic E-state index is 0.234. The molecular weight excluding hydrogens is 352 g/mol. The van der Waals surface area contributed by atoms with Gasteiger partial charge in [-0.2, -0.15) is 0 Å². The van der Waals surface area contributed by atoms with Crippen LogP contribution in [0.25, 0.3) is 22.5 Å². The lowest BCUT2D eigenvalue weighted by atomic mass is 10.1. The molecule has 0 N–H and O–H groups in total. The number of fused-ring (bicyclic) bond motifs is 3. The van der Waals surface area contributed by atoms with Crippen molar-refractivity contribution in [1.29, 1.82) is 0 Å². The van der Waals surface area contributed by atoms with Gasteiger partial charge in [0, 0.05) is 24.5 Å². The van der Waals surface area contributed by atoms with Crippen LogP contribution in [-0.2, 0) is 6.54 Å². The van der Waals surface area contributed by atoms with Crippen LogP contribution in [0.5, 0.6) is 0 Å². The second-order valence-electron chi connectivity index (χ2n) is 6.46. The molecule has 27 heavy (non-hydrogen) atoms. The van der Waals surface area contributed by atoms with Crippen LogP contribution in [0.4, 0.5) is 0 Å². The van der Waals surface area contributed by atoms with Crippen LogP contribution in [0.2, 0.25) is 0 Å². The van der Waals surface area contributed by atoms with Gasteiger partial charge in [-0.15, -0.1) is 10.2 Å². The van der Waals surface area contributed by atoms with Gasteiger partial charge >= 0.3 is 0 Å². The quantitative estimate of drug-likeness (QED) is 0.494. The molecule has 2 heterocycles. The summed E-state index contributed by atoms with van der Waals surface area (Å²) < 4.78 is 2.18. The van der Waals surface area contributed by atoms with Crippen LogP contribution >= 0.6 is 11.8 Å². The molecule has 132 valence electrons. The van der Waals surface area contributed by atoms with Gasteiger partial charge < -0.3 is 4.57 Å². The van der Waals surface area contributed by atoms with E-state index < -0.39 is 0 Å². The highest BCUT2D eigenvalue weighted by atomic mass is 32.2. The Bertz CT molecular complexity index is 1060. The van der Waals surface area contributed by atoms with Crippen molar-refractivity contribution in [1.82, 2.24) is 19.7 Å². The lowest BCUT2D eigenvalue weighted by Gasteiger charge is -2.14. The first-order valence-electron chi connectivity index (χ1n) is 9.05. The van der Waals surface area contributed by atoms with Crippen LogP contribution in [0.3, 0.4) is 0 Å². The van der Waals surface area contributed by atoms with E-state index in [0.29, 0.717) is 0 Å². The zero-order valence-electron chi connectivity index (χ0n) is 14.9. The van der Waals surface area contributed by atoms with Gasteiger partial charge in [0.2, 0.25) is 0 Å². The Morgan fingerprint density at radius 1 is 0.852 bits per heavy atom. The smallest absolute Gasteiger partial charge is 0.192 e. The molecule has 2 aromatic heterocycles. The summed E-state index contributed by atoms with van der Waals surface area (Å²) in [5.74, 6) is 0.891. The first kappa shape index (κ1) is 16.3. The van der Waals surface area contributed by atoms with Crippen LogP contribution in [-0.4, -0.2) is 19.7 Å². The predicted molar refractivity (Wildman–Crippen MR) is 109 cm³/mol. The maximum absolute atomic E-state index is 4.53. The van der Waals surface area contributed by atoms with E-state index in [9.17, 15) is 0 Å². The van der Waals surface area contributed by atoms with Crippen LogP contribution < -0.4 is 0 Å². The van der Waals surface area contributed by atoms with Gasteiger partial charge in [0.15, 0.2) is 11.0 Å². The molecule has 0 radical (unpaired) electrons. The second kappa shape index (κ2) is 6.67. The summed E-state index contributed by atoms with van der Waals surface area (Å²) in [6, 6.07) is 21.3. The largest absolute Gasteiger partial charge is 0.302 e. The van der Waals surface area contributed by atoms with E-state index in [1.54, 1.807) is 24.2 Å². The Hall–Kier alpha value is -2.92. The Morgan fingerprint density at radius 2 is 1.48 bits per heavy atom. The lowest BCUT2D eigenvalue weighted by molar-refractivity contribution is 0.686. The summed E-state index contributed by atoms with van der Waals surface area (Å²) in [5, 5.41) is 10.2. The molecule has 2 aromatic carbocycles. The number of thioether (sulfide) groups is 1. The van der Waals surface area contributed by atoms with Crippen molar-refractivity contribution in [3.63, 3.8) is 0 Å². The fraction of sp³-hybridized carbons (Fsp3) is 0.136. The summed E-state index contributed by atoms with van der Waals surface area (Å²) in [6.45, 7) is 2.96. The van der Waals surface area contributed by atoms with Crippen molar-refractivity contribution in [3.8, 4) is 22.5 Å². The number of pyridine rings is 1. The first-order valence-corrected chi connectivity index (χ1v) is 9.93. The molecule has 0 amide bonds. The van der Waals surface area contributed by atoms with Crippen molar-refractivity contribution in [2.24, 2.45) is 0 Å². The molecular formula is C22H18N4S. The fourth-order valence-electron chi connectivity index (χ4n) is 3.72. The van der Waals surface area contributed by atoms with Gasteiger partial charge in [0.05, 0.1) is 5.25 Å².